The molecule has 0 radical (unpaired) electrons. The molecule has 5 amide bonds. The maximum absolute atomic E-state index is 13.4. The molecule has 5 atom stereocenters. The number of hydrogen-bond donors (Lipinski definition) is 8. The average molecular weight is 713 g/mol. The number of nitrogens with two attached hydrogens (primary N) is 1. The van der Waals surface area contributed by atoms with E-state index < -0.39 is 84.2 Å². The number of amides is 5. The number of nitrogens with one attached hydrogen (secondary N) is 5. The topological polar surface area (TPSA) is 255 Å². The van der Waals surface area contributed by atoms with Crippen molar-refractivity contribution in [2.45, 2.75) is 89.7 Å². The van der Waals surface area contributed by atoms with Crippen LogP contribution in [-0.4, -0.2) is 88.6 Å². The summed E-state index contributed by atoms with van der Waals surface area (Å²) < 4.78 is 5.20. The first-order chi connectivity index (χ1) is 24.2. The summed E-state index contributed by atoms with van der Waals surface area (Å²) in [5.74, 6) is -6.67. The quantitative estimate of drug-likeness (QED) is 0.0841. The minimum absolute atomic E-state index is 0.0340. The first-order valence-corrected chi connectivity index (χ1v) is 16.6. The summed E-state index contributed by atoms with van der Waals surface area (Å²) in [6, 6.07) is 10.7. The van der Waals surface area contributed by atoms with Gasteiger partial charge in [-0.2, -0.15) is 0 Å². The van der Waals surface area contributed by atoms with Gasteiger partial charge in [-0.3, -0.25) is 24.0 Å². The van der Waals surface area contributed by atoms with Gasteiger partial charge >= 0.3 is 18.0 Å². The Bertz CT molecular complexity index is 1470. The van der Waals surface area contributed by atoms with Gasteiger partial charge in [0.1, 0.15) is 36.8 Å². The molecule has 0 bridgehead atoms. The maximum atomic E-state index is 13.4. The molecule has 9 N–H and O–H groups in total. The van der Waals surface area contributed by atoms with Crippen LogP contribution in [0.1, 0.15) is 57.6 Å². The zero-order valence-corrected chi connectivity index (χ0v) is 28.9. The Hall–Kier alpha value is -5.51. The van der Waals surface area contributed by atoms with Gasteiger partial charge in [0.15, 0.2) is 0 Å². The fraction of sp³-hybridized carbons (Fsp3) is 0.457. The zero-order chi connectivity index (χ0) is 37.9. The molecule has 0 aromatic heterocycles. The molecule has 2 aromatic carbocycles. The van der Waals surface area contributed by atoms with Gasteiger partial charge in [-0.15, -0.1) is 0 Å². The van der Waals surface area contributed by atoms with Gasteiger partial charge in [-0.1, -0.05) is 74.5 Å². The SMILES string of the molecule is CC(C)[C@H](NC(=O)OCc1ccccc1)C(=O)N[C@@H](C)C(=O)N[C@@H](CC(=O)O)C(=O)N[C@@H](Cc1ccccc1)C(=O)N[C@@H](CCCCN)C(=O)O. The van der Waals surface area contributed by atoms with Gasteiger partial charge in [-0.25, -0.2) is 9.59 Å². The summed E-state index contributed by atoms with van der Waals surface area (Å²) >= 11 is 0. The Morgan fingerprint density at radius 2 is 1.22 bits per heavy atom. The monoisotopic (exact) mass is 712 g/mol. The summed E-state index contributed by atoms with van der Waals surface area (Å²) in [4.78, 5) is 89.0. The van der Waals surface area contributed by atoms with Gasteiger partial charge in [0.05, 0.1) is 6.42 Å². The Balaban J connectivity index is 2.13. The molecule has 0 heterocycles. The van der Waals surface area contributed by atoms with Crippen LogP contribution in [0, 0.1) is 5.92 Å². The van der Waals surface area contributed by atoms with Crippen molar-refractivity contribution in [3.05, 3.63) is 71.8 Å². The van der Waals surface area contributed by atoms with Crippen LogP contribution in [0.5, 0.6) is 0 Å². The fourth-order valence-corrected chi connectivity index (χ4v) is 4.83. The molecule has 0 aliphatic heterocycles. The second kappa shape index (κ2) is 21.5. The average Bonchev–Trinajstić information content (AvgIpc) is 3.08. The van der Waals surface area contributed by atoms with Crippen LogP contribution in [0.3, 0.4) is 0 Å². The number of carboxylic acids is 2. The number of unbranched alkanes of at least 4 members (excludes halogenated alkanes) is 1. The van der Waals surface area contributed by atoms with Crippen molar-refractivity contribution in [2.75, 3.05) is 6.54 Å². The molecule has 0 saturated carbocycles. The Labute approximate surface area is 296 Å². The van der Waals surface area contributed by atoms with Gasteiger partial charge in [0.25, 0.3) is 0 Å². The normalized spacial score (nSPS) is 13.7. The Morgan fingerprint density at radius 3 is 1.76 bits per heavy atom. The van der Waals surface area contributed by atoms with Crippen LogP contribution in [0.15, 0.2) is 60.7 Å². The third-order valence-corrected chi connectivity index (χ3v) is 7.68. The van der Waals surface area contributed by atoms with Gasteiger partial charge in [0, 0.05) is 6.42 Å². The number of alkyl carbamates (subject to hydrolysis) is 1. The molecule has 278 valence electrons. The highest BCUT2D eigenvalue weighted by molar-refractivity contribution is 5.97. The highest BCUT2D eigenvalue weighted by Crippen LogP contribution is 2.09. The molecule has 0 unspecified atom stereocenters. The van der Waals surface area contributed by atoms with E-state index in [9.17, 15) is 43.8 Å². The maximum Gasteiger partial charge on any atom is 0.408 e. The highest BCUT2D eigenvalue weighted by Gasteiger charge is 2.33. The van der Waals surface area contributed by atoms with Gasteiger partial charge in [-0.05, 0) is 49.8 Å². The Morgan fingerprint density at radius 1 is 0.667 bits per heavy atom. The van der Waals surface area contributed by atoms with E-state index >= 15 is 0 Å². The van der Waals surface area contributed by atoms with Gasteiger partial charge in [0.2, 0.25) is 23.6 Å². The number of ether oxygens (including phenoxy) is 1. The molecule has 51 heavy (non-hydrogen) atoms. The van der Waals surface area contributed by atoms with Crippen molar-refractivity contribution in [3.63, 3.8) is 0 Å². The second-order valence-corrected chi connectivity index (χ2v) is 12.3. The second-order valence-electron chi connectivity index (χ2n) is 12.3. The lowest BCUT2D eigenvalue weighted by Crippen LogP contribution is -2.59. The first-order valence-electron chi connectivity index (χ1n) is 16.6. The molecule has 0 aliphatic rings. The molecule has 0 spiro atoms. The van der Waals surface area contributed by atoms with E-state index in [1.165, 1.54) is 6.92 Å². The van der Waals surface area contributed by atoms with E-state index in [0.29, 0.717) is 24.9 Å². The molecule has 0 aliphatic carbocycles. The van der Waals surface area contributed by atoms with Crippen LogP contribution < -0.4 is 32.3 Å². The molecular weight excluding hydrogens is 664 g/mol. The summed E-state index contributed by atoms with van der Waals surface area (Å²) in [6.45, 7) is 4.94. The van der Waals surface area contributed by atoms with Crippen LogP contribution in [0.2, 0.25) is 0 Å². The number of rotatable bonds is 21. The minimum Gasteiger partial charge on any atom is -0.481 e. The van der Waals surface area contributed by atoms with Crippen LogP contribution >= 0.6 is 0 Å². The van der Waals surface area contributed by atoms with E-state index in [0.717, 1.165) is 5.56 Å². The lowest BCUT2D eigenvalue weighted by atomic mass is 10.0. The number of hydrogen-bond acceptors (Lipinski definition) is 9. The summed E-state index contributed by atoms with van der Waals surface area (Å²) in [6.07, 6.45) is -0.758. The number of carbonyl (C=O) groups excluding carboxylic acids is 5. The van der Waals surface area contributed by atoms with Crippen molar-refractivity contribution in [1.29, 1.82) is 0 Å². The predicted molar refractivity (Wildman–Crippen MR) is 185 cm³/mol. The van der Waals surface area contributed by atoms with Gasteiger partial charge < -0.3 is 47.3 Å². The number of carboxylic acid groups (broad SMARTS) is 2. The summed E-state index contributed by atoms with van der Waals surface area (Å²) in [7, 11) is 0. The molecule has 2 aromatic rings. The minimum atomic E-state index is -1.69. The van der Waals surface area contributed by atoms with Crippen LogP contribution in [0.25, 0.3) is 0 Å². The first kappa shape index (κ1) is 41.7. The molecule has 16 nitrogen and oxygen atoms in total. The summed E-state index contributed by atoms with van der Waals surface area (Å²) in [5.41, 5.74) is 6.84. The lowest BCUT2D eigenvalue weighted by molar-refractivity contribution is -0.143. The lowest BCUT2D eigenvalue weighted by Gasteiger charge is -2.26. The zero-order valence-electron chi connectivity index (χ0n) is 28.9. The van der Waals surface area contributed by atoms with Crippen molar-refractivity contribution in [1.82, 2.24) is 26.6 Å². The Kier molecular flexibility index (Phi) is 17.6. The van der Waals surface area contributed by atoms with Crippen molar-refractivity contribution in [2.24, 2.45) is 11.7 Å². The number of carbonyl (C=O) groups is 7. The summed E-state index contributed by atoms with van der Waals surface area (Å²) in [5, 5.41) is 31.3. The molecule has 2 rings (SSSR count). The van der Waals surface area contributed by atoms with Crippen LogP contribution in [0.4, 0.5) is 4.79 Å². The van der Waals surface area contributed by atoms with E-state index in [-0.39, 0.29) is 19.4 Å². The number of benzene rings is 2. The number of aliphatic carboxylic acids is 2. The predicted octanol–water partition coefficient (Wildman–Crippen LogP) is 0.828. The molecular formula is C35H48N6O10. The molecule has 0 fully saturated rings. The van der Waals surface area contributed by atoms with E-state index in [1.54, 1.807) is 68.4 Å². The van der Waals surface area contributed by atoms with E-state index in [1.807, 2.05) is 6.07 Å². The van der Waals surface area contributed by atoms with Crippen LogP contribution in [-0.2, 0) is 46.5 Å². The standard InChI is InChI=1S/C35H48N6O10/c1-21(2)29(41-35(50)51-20-24-14-8-5-9-15-24)33(47)37-22(3)30(44)39-27(19-28(42)43)32(46)40-26(18-23-12-6-4-7-13-23)31(45)38-25(34(48)49)16-10-11-17-36/h4-9,12-15,21-22,25-27,29H,10-11,16-20,36H2,1-3H3,(H,37,47)(H,38,45)(H,39,44)(H,40,46)(H,41,50)(H,42,43)(H,48,49)/t22-,25-,26-,27-,29-/m0/s1. The van der Waals surface area contributed by atoms with Crippen molar-refractivity contribution >= 4 is 41.7 Å². The van der Waals surface area contributed by atoms with E-state index in [2.05, 4.69) is 26.6 Å². The molecule has 16 heteroatoms. The largest absolute Gasteiger partial charge is 0.481 e. The smallest absolute Gasteiger partial charge is 0.408 e. The van der Waals surface area contributed by atoms with Crippen molar-refractivity contribution < 1.29 is 48.5 Å². The van der Waals surface area contributed by atoms with Crippen molar-refractivity contribution in [3.8, 4) is 0 Å². The third-order valence-electron chi connectivity index (χ3n) is 7.68. The highest BCUT2D eigenvalue weighted by atomic mass is 16.5. The third kappa shape index (κ3) is 15.3. The molecule has 0 saturated heterocycles. The van der Waals surface area contributed by atoms with E-state index in [4.69, 9.17) is 10.5 Å². The fourth-order valence-electron chi connectivity index (χ4n) is 4.83.